The number of benzene rings is 1. The zero-order valence-corrected chi connectivity index (χ0v) is 14.2. The number of amides is 2. The first kappa shape index (κ1) is 13.9. The van der Waals surface area contributed by atoms with Crippen LogP contribution in [0.5, 0.6) is 0 Å². The van der Waals surface area contributed by atoms with E-state index >= 15 is 0 Å². The SMILES string of the molecule is O=C(Nc1cccc(I)c1)NC12CC3CC(CC(C3)C1)C2. The molecule has 0 aromatic heterocycles. The number of anilines is 1. The number of carbonyl (C=O) groups excluding carboxylic acids is 1. The van der Waals surface area contributed by atoms with Crippen molar-refractivity contribution in [2.24, 2.45) is 17.8 Å². The molecule has 112 valence electrons. The third-order valence-corrected chi connectivity index (χ3v) is 6.17. The summed E-state index contributed by atoms with van der Waals surface area (Å²) in [6, 6.07) is 7.92. The molecule has 21 heavy (non-hydrogen) atoms. The van der Waals surface area contributed by atoms with Gasteiger partial charge in [0.15, 0.2) is 0 Å². The van der Waals surface area contributed by atoms with E-state index in [0.717, 1.165) is 27.0 Å². The molecule has 4 aliphatic rings. The Bertz CT molecular complexity index is 536. The second-order valence-corrected chi connectivity index (χ2v) is 8.53. The topological polar surface area (TPSA) is 41.1 Å². The van der Waals surface area contributed by atoms with Gasteiger partial charge in [-0.1, -0.05) is 6.07 Å². The predicted molar refractivity (Wildman–Crippen MR) is 92.2 cm³/mol. The van der Waals surface area contributed by atoms with Crippen LogP contribution in [0.15, 0.2) is 24.3 Å². The van der Waals surface area contributed by atoms with Gasteiger partial charge in [0, 0.05) is 14.8 Å². The van der Waals surface area contributed by atoms with Gasteiger partial charge in [-0.05, 0) is 97.1 Å². The average Bonchev–Trinajstić information content (AvgIpc) is 2.35. The molecule has 0 radical (unpaired) electrons. The Balaban J connectivity index is 1.45. The summed E-state index contributed by atoms with van der Waals surface area (Å²) in [5.74, 6) is 2.57. The maximum atomic E-state index is 12.4. The molecule has 4 saturated carbocycles. The van der Waals surface area contributed by atoms with E-state index in [1.165, 1.54) is 38.5 Å². The molecular formula is C17H21IN2O. The van der Waals surface area contributed by atoms with Crippen LogP contribution in [0.3, 0.4) is 0 Å². The van der Waals surface area contributed by atoms with Crippen molar-refractivity contribution < 1.29 is 4.79 Å². The van der Waals surface area contributed by atoms with Crippen LogP contribution in [0.4, 0.5) is 10.5 Å². The largest absolute Gasteiger partial charge is 0.332 e. The van der Waals surface area contributed by atoms with Crippen molar-refractivity contribution in [2.75, 3.05) is 5.32 Å². The Kier molecular flexibility index (Phi) is 3.39. The van der Waals surface area contributed by atoms with Crippen LogP contribution >= 0.6 is 22.6 Å². The van der Waals surface area contributed by atoms with Gasteiger partial charge in [0.05, 0.1) is 0 Å². The molecule has 0 unspecified atom stereocenters. The summed E-state index contributed by atoms with van der Waals surface area (Å²) >= 11 is 2.27. The van der Waals surface area contributed by atoms with Gasteiger partial charge in [0.1, 0.15) is 0 Å². The molecule has 0 heterocycles. The van der Waals surface area contributed by atoms with Gasteiger partial charge in [-0.2, -0.15) is 0 Å². The molecule has 3 nitrogen and oxygen atoms in total. The summed E-state index contributed by atoms with van der Waals surface area (Å²) in [4.78, 5) is 12.4. The van der Waals surface area contributed by atoms with Crippen LogP contribution < -0.4 is 10.6 Å². The van der Waals surface area contributed by atoms with Gasteiger partial charge in [-0.15, -0.1) is 0 Å². The third-order valence-electron chi connectivity index (χ3n) is 5.50. The molecule has 1 aromatic carbocycles. The molecule has 4 fully saturated rings. The van der Waals surface area contributed by atoms with Gasteiger partial charge in [-0.3, -0.25) is 0 Å². The molecule has 2 amide bonds. The van der Waals surface area contributed by atoms with Crippen molar-refractivity contribution in [1.29, 1.82) is 0 Å². The Hall–Kier alpha value is -0.780. The Labute approximate surface area is 139 Å². The highest BCUT2D eigenvalue weighted by molar-refractivity contribution is 14.1. The van der Waals surface area contributed by atoms with Crippen LogP contribution in [-0.2, 0) is 0 Å². The molecule has 4 heteroatoms. The van der Waals surface area contributed by atoms with E-state index < -0.39 is 0 Å². The quantitative estimate of drug-likeness (QED) is 0.716. The fraction of sp³-hybridized carbons (Fsp3) is 0.588. The number of urea groups is 1. The lowest BCUT2D eigenvalue weighted by molar-refractivity contribution is -0.0127. The van der Waals surface area contributed by atoms with E-state index in [1.807, 2.05) is 24.3 Å². The van der Waals surface area contributed by atoms with Gasteiger partial charge in [0.25, 0.3) is 0 Å². The maximum absolute atomic E-state index is 12.4. The highest BCUT2D eigenvalue weighted by Gasteiger charge is 2.51. The van der Waals surface area contributed by atoms with E-state index in [-0.39, 0.29) is 11.6 Å². The van der Waals surface area contributed by atoms with E-state index in [2.05, 4.69) is 33.2 Å². The summed E-state index contributed by atoms with van der Waals surface area (Å²) in [6.45, 7) is 0. The zero-order chi connectivity index (χ0) is 14.4. The first-order valence-electron chi connectivity index (χ1n) is 7.95. The van der Waals surface area contributed by atoms with Crippen LogP contribution in [-0.4, -0.2) is 11.6 Å². The van der Waals surface area contributed by atoms with Crippen molar-refractivity contribution in [3.8, 4) is 0 Å². The van der Waals surface area contributed by atoms with Crippen molar-refractivity contribution >= 4 is 34.3 Å². The van der Waals surface area contributed by atoms with E-state index in [1.54, 1.807) is 0 Å². The third kappa shape index (κ3) is 2.79. The van der Waals surface area contributed by atoms with Gasteiger partial charge in [0.2, 0.25) is 0 Å². The molecule has 0 saturated heterocycles. The van der Waals surface area contributed by atoms with E-state index in [0.29, 0.717) is 0 Å². The van der Waals surface area contributed by atoms with Crippen molar-refractivity contribution in [3.63, 3.8) is 0 Å². The molecule has 1 aromatic rings. The van der Waals surface area contributed by atoms with Crippen LogP contribution in [0.25, 0.3) is 0 Å². The van der Waals surface area contributed by atoms with Crippen LogP contribution in [0, 0.1) is 21.3 Å². The highest BCUT2D eigenvalue weighted by atomic mass is 127. The van der Waals surface area contributed by atoms with Crippen molar-refractivity contribution in [3.05, 3.63) is 27.8 Å². The van der Waals surface area contributed by atoms with Crippen molar-refractivity contribution in [2.45, 2.75) is 44.1 Å². The Morgan fingerprint density at radius 1 is 1.10 bits per heavy atom. The van der Waals surface area contributed by atoms with Crippen molar-refractivity contribution in [1.82, 2.24) is 5.32 Å². The van der Waals surface area contributed by atoms with Crippen LogP contribution in [0.2, 0.25) is 0 Å². The summed E-state index contributed by atoms with van der Waals surface area (Å²) in [6.07, 6.45) is 7.79. The summed E-state index contributed by atoms with van der Waals surface area (Å²) in [7, 11) is 0. The number of carbonyl (C=O) groups is 1. The van der Waals surface area contributed by atoms with Gasteiger partial charge >= 0.3 is 6.03 Å². The fourth-order valence-electron chi connectivity index (χ4n) is 5.23. The number of nitrogens with one attached hydrogen (secondary N) is 2. The number of hydrogen-bond donors (Lipinski definition) is 2. The molecule has 0 aliphatic heterocycles. The predicted octanol–water partition coefficient (Wildman–Crippen LogP) is 4.38. The lowest BCUT2D eigenvalue weighted by atomic mass is 9.53. The standard InChI is InChI=1S/C17H21IN2O/c18-14-2-1-3-15(7-14)19-16(21)20-17-8-11-4-12(9-17)6-13(5-11)10-17/h1-3,7,11-13H,4-6,8-10H2,(H2,19,20,21). The van der Waals surface area contributed by atoms with E-state index in [4.69, 9.17) is 0 Å². The average molecular weight is 396 g/mol. The normalized spacial score (nSPS) is 36.5. The van der Waals surface area contributed by atoms with Gasteiger partial charge in [-0.25, -0.2) is 4.79 Å². The summed E-state index contributed by atoms with van der Waals surface area (Å²) < 4.78 is 1.14. The minimum Gasteiger partial charge on any atom is -0.332 e. The summed E-state index contributed by atoms with van der Waals surface area (Å²) in [5, 5.41) is 6.34. The first-order valence-corrected chi connectivity index (χ1v) is 9.03. The zero-order valence-electron chi connectivity index (χ0n) is 12.1. The minimum atomic E-state index is -0.0287. The number of halogens is 1. The molecule has 0 atom stereocenters. The Morgan fingerprint density at radius 2 is 1.71 bits per heavy atom. The molecule has 4 bridgehead atoms. The molecule has 5 rings (SSSR count). The molecule has 0 spiro atoms. The molecular weight excluding hydrogens is 375 g/mol. The van der Waals surface area contributed by atoms with E-state index in [9.17, 15) is 4.79 Å². The number of hydrogen-bond acceptors (Lipinski definition) is 1. The lowest BCUT2D eigenvalue weighted by Gasteiger charge is -2.56. The monoisotopic (exact) mass is 396 g/mol. The minimum absolute atomic E-state index is 0.0287. The number of rotatable bonds is 2. The summed E-state index contributed by atoms with van der Waals surface area (Å²) in [5.41, 5.74) is 0.963. The first-order chi connectivity index (χ1) is 10.1. The molecule has 2 N–H and O–H groups in total. The van der Waals surface area contributed by atoms with Gasteiger partial charge < -0.3 is 10.6 Å². The Morgan fingerprint density at radius 3 is 2.29 bits per heavy atom. The smallest absolute Gasteiger partial charge is 0.319 e. The second-order valence-electron chi connectivity index (χ2n) is 7.29. The second kappa shape index (κ2) is 5.14. The molecule has 4 aliphatic carbocycles. The maximum Gasteiger partial charge on any atom is 0.319 e. The lowest BCUT2D eigenvalue weighted by Crippen LogP contribution is -2.60. The van der Waals surface area contributed by atoms with Crippen LogP contribution in [0.1, 0.15) is 38.5 Å². The highest BCUT2D eigenvalue weighted by Crippen LogP contribution is 2.55. The fourth-order valence-corrected chi connectivity index (χ4v) is 5.78.